The number of Topliss-reactive ketones (excluding diaryl/α,β-unsaturated/α-hetero) is 1. The van der Waals surface area contributed by atoms with Crippen LogP contribution in [0, 0.1) is 0 Å². The van der Waals surface area contributed by atoms with Gasteiger partial charge in [0.05, 0.1) is 31.4 Å². The second-order valence-electron chi connectivity index (χ2n) is 7.10. The zero-order valence-corrected chi connectivity index (χ0v) is 18.3. The lowest BCUT2D eigenvalue weighted by Crippen LogP contribution is -2.32. The van der Waals surface area contributed by atoms with E-state index in [1.54, 1.807) is 43.3 Å². The Morgan fingerprint density at radius 3 is 2.34 bits per heavy atom. The number of aromatic hydroxyl groups is 1. The van der Waals surface area contributed by atoms with Crippen LogP contribution in [0.25, 0.3) is 5.76 Å². The van der Waals surface area contributed by atoms with Gasteiger partial charge in [-0.25, -0.2) is 0 Å². The van der Waals surface area contributed by atoms with Crippen molar-refractivity contribution in [3.8, 4) is 17.2 Å². The van der Waals surface area contributed by atoms with Gasteiger partial charge in [0.1, 0.15) is 11.5 Å². The Labute approximate surface area is 186 Å². The van der Waals surface area contributed by atoms with Gasteiger partial charge in [-0.2, -0.15) is 0 Å². The molecule has 0 spiro atoms. The quantitative estimate of drug-likeness (QED) is 0.350. The van der Waals surface area contributed by atoms with Gasteiger partial charge in [0, 0.05) is 19.2 Å². The minimum atomic E-state index is -0.864. The minimum absolute atomic E-state index is 0.0385. The van der Waals surface area contributed by atoms with Crippen LogP contribution in [0.2, 0.25) is 0 Å². The van der Waals surface area contributed by atoms with Crippen LogP contribution < -0.4 is 9.47 Å². The Balaban J connectivity index is 2.13. The minimum Gasteiger partial charge on any atom is -0.507 e. The number of hydrogen-bond acceptors (Lipinski definition) is 7. The number of hydrogen-bond donors (Lipinski definition) is 2. The standard InChI is InChI=1S/C24H27NO7/c1-4-31-17-9-6-15(7-10-17)22(27)20-21(25(12-13-30-3)24(29)23(20)28)16-8-11-18(26)19(14-16)32-5-2/h6-11,14,21,26-27H,4-5,12-13H2,1-3H3/t21-/m0/s1. The molecule has 0 bridgehead atoms. The van der Waals surface area contributed by atoms with Gasteiger partial charge in [0.25, 0.3) is 11.7 Å². The molecule has 2 N–H and O–H groups in total. The maximum absolute atomic E-state index is 13.0. The van der Waals surface area contributed by atoms with E-state index in [9.17, 15) is 19.8 Å². The zero-order chi connectivity index (χ0) is 23.3. The molecule has 1 amide bonds. The molecule has 3 rings (SSSR count). The molecule has 1 atom stereocenters. The summed E-state index contributed by atoms with van der Waals surface area (Å²) < 4.78 is 16.0. The molecule has 1 heterocycles. The number of carbonyl (C=O) groups excluding carboxylic acids is 2. The number of nitrogens with zero attached hydrogens (tertiary/aromatic N) is 1. The fourth-order valence-electron chi connectivity index (χ4n) is 3.65. The van der Waals surface area contributed by atoms with Gasteiger partial charge in [0.2, 0.25) is 0 Å². The van der Waals surface area contributed by atoms with Crippen LogP contribution in [0.4, 0.5) is 0 Å². The molecule has 1 aliphatic heterocycles. The Morgan fingerprint density at radius 2 is 1.72 bits per heavy atom. The summed E-state index contributed by atoms with van der Waals surface area (Å²) in [4.78, 5) is 27.2. The van der Waals surface area contributed by atoms with E-state index in [-0.39, 0.29) is 36.0 Å². The maximum atomic E-state index is 13.0. The topological polar surface area (TPSA) is 106 Å². The summed E-state index contributed by atoms with van der Waals surface area (Å²) in [7, 11) is 1.50. The molecule has 170 valence electrons. The first kappa shape index (κ1) is 23.1. The zero-order valence-electron chi connectivity index (χ0n) is 18.3. The Morgan fingerprint density at radius 1 is 1.03 bits per heavy atom. The van der Waals surface area contributed by atoms with Crippen LogP contribution in [-0.2, 0) is 14.3 Å². The molecule has 0 aromatic heterocycles. The smallest absolute Gasteiger partial charge is 0.295 e. The van der Waals surface area contributed by atoms with Gasteiger partial charge in [-0.05, 0) is 55.8 Å². The molecule has 32 heavy (non-hydrogen) atoms. The molecule has 8 heteroatoms. The third kappa shape index (κ3) is 4.55. The third-order valence-corrected chi connectivity index (χ3v) is 5.11. The van der Waals surface area contributed by atoms with Gasteiger partial charge >= 0.3 is 0 Å². The number of benzene rings is 2. The highest BCUT2D eigenvalue weighted by Crippen LogP contribution is 2.41. The molecular weight excluding hydrogens is 414 g/mol. The van der Waals surface area contributed by atoms with Crippen molar-refractivity contribution in [1.29, 1.82) is 0 Å². The van der Waals surface area contributed by atoms with Crippen molar-refractivity contribution in [3.05, 3.63) is 59.2 Å². The lowest BCUT2D eigenvalue weighted by molar-refractivity contribution is -0.140. The van der Waals surface area contributed by atoms with Gasteiger partial charge in [-0.1, -0.05) is 6.07 Å². The van der Waals surface area contributed by atoms with Crippen LogP contribution >= 0.6 is 0 Å². The lowest BCUT2D eigenvalue weighted by atomic mass is 9.95. The van der Waals surface area contributed by atoms with Crippen LogP contribution in [0.15, 0.2) is 48.0 Å². The number of phenolic OH excluding ortho intramolecular Hbond substituents is 1. The number of rotatable bonds is 9. The first-order chi connectivity index (χ1) is 15.4. The van der Waals surface area contributed by atoms with Crippen LogP contribution in [0.5, 0.6) is 17.2 Å². The second-order valence-corrected chi connectivity index (χ2v) is 7.10. The number of ether oxygens (including phenoxy) is 3. The summed E-state index contributed by atoms with van der Waals surface area (Å²) in [5, 5.41) is 21.1. The number of ketones is 1. The number of phenols is 1. The van der Waals surface area contributed by atoms with Gasteiger partial charge < -0.3 is 29.3 Å². The Bertz CT molecular complexity index is 1010. The average Bonchev–Trinajstić information content (AvgIpc) is 3.04. The first-order valence-electron chi connectivity index (χ1n) is 10.4. The molecule has 0 radical (unpaired) electrons. The molecule has 0 unspecified atom stereocenters. The number of carbonyl (C=O) groups is 2. The van der Waals surface area contributed by atoms with Gasteiger partial charge in [0.15, 0.2) is 11.5 Å². The first-order valence-corrected chi connectivity index (χ1v) is 10.4. The molecular formula is C24H27NO7. The summed E-state index contributed by atoms with van der Waals surface area (Å²) in [5.41, 5.74) is 0.865. The van der Waals surface area contributed by atoms with Crippen molar-refractivity contribution in [2.45, 2.75) is 19.9 Å². The molecule has 1 aliphatic rings. The fourth-order valence-corrected chi connectivity index (χ4v) is 3.65. The van der Waals surface area contributed by atoms with Crippen molar-refractivity contribution in [2.24, 2.45) is 0 Å². The SMILES string of the molecule is CCOc1ccc(C(O)=C2C(=O)C(=O)N(CCOC)[C@H]2c2ccc(O)c(OCC)c2)cc1. The van der Waals surface area contributed by atoms with Crippen LogP contribution in [0.3, 0.4) is 0 Å². The van der Waals surface area contributed by atoms with Crippen LogP contribution in [0.1, 0.15) is 31.0 Å². The highest BCUT2D eigenvalue weighted by atomic mass is 16.5. The summed E-state index contributed by atoms with van der Waals surface area (Å²) in [6, 6.07) is 10.4. The Hall–Kier alpha value is -3.52. The molecule has 2 aromatic rings. The largest absolute Gasteiger partial charge is 0.507 e. The number of methoxy groups -OCH3 is 1. The molecule has 2 aromatic carbocycles. The van der Waals surface area contributed by atoms with E-state index in [4.69, 9.17) is 14.2 Å². The monoisotopic (exact) mass is 441 g/mol. The highest BCUT2D eigenvalue weighted by Gasteiger charge is 2.46. The van der Waals surface area contributed by atoms with E-state index in [2.05, 4.69) is 0 Å². The average molecular weight is 441 g/mol. The van der Waals surface area contributed by atoms with Crippen molar-refractivity contribution in [2.75, 3.05) is 33.5 Å². The van der Waals surface area contributed by atoms with Gasteiger partial charge in [-0.3, -0.25) is 9.59 Å². The Kier molecular flexibility index (Phi) is 7.37. The third-order valence-electron chi connectivity index (χ3n) is 5.11. The van der Waals surface area contributed by atoms with E-state index in [1.165, 1.54) is 18.1 Å². The summed E-state index contributed by atoms with van der Waals surface area (Å²) >= 11 is 0. The van der Waals surface area contributed by atoms with E-state index in [1.807, 2.05) is 6.92 Å². The van der Waals surface area contributed by atoms with E-state index < -0.39 is 17.7 Å². The summed E-state index contributed by atoms with van der Waals surface area (Å²) in [5.74, 6) is -1.02. The molecule has 0 saturated carbocycles. The number of aliphatic hydroxyl groups is 1. The maximum Gasteiger partial charge on any atom is 0.295 e. The molecule has 1 saturated heterocycles. The summed E-state index contributed by atoms with van der Waals surface area (Å²) in [6.45, 7) is 4.83. The van der Waals surface area contributed by atoms with E-state index in [0.29, 0.717) is 30.1 Å². The molecule has 0 aliphatic carbocycles. The van der Waals surface area contributed by atoms with E-state index >= 15 is 0 Å². The van der Waals surface area contributed by atoms with E-state index in [0.717, 1.165) is 0 Å². The normalized spacial score (nSPS) is 17.6. The number of amides is 1. The predicted octanol–water partition coefficient (Wildman–Crippen LogP) is 3.26. The van der Waals surface area contributed by atoms with Crippen molar-refractivity contribution in [3.63, 3.8) is 0 Å². The van der Waals surface area contributed by atoms with Gasteiger partial charge in [-0.15, -0.1) is 0 Å². The molecule has 8 nitrogen and oxygen atoms in total. The van der Waals surface area contributed by atoms with Crippen molar-refractivity contribution >= 4 is 17.4 Å². The lowest BCUT2D eigenvalue weighted by Gasteiger charge is -2.25. The highest BCUT2D eigenvalue weighted by molar-refractivity contribution is 6.46. The van der Waals surface area contributed by atoms with Crippen LogP contribution in [-0.4, -0.2) is 60.3 Å². The summed E-state index contributed by atoms with van der Waals surface area (Å²) in [6.07, 6.45) is 0. The van der Waals surface area contributed by atoms with Crippen molar-refractivity contribution in [1.82, 2.24) is 4.90 Å². The molecule has 1 fully saturated rings. The predicted molar refractivity (Wildman–Crippen MR) is 118 cm³/mol. The number of aliphatic hydroxyl groups excluding tert-OH is 1. The second kappa shape index (κ2) is 10.2. The van der Waals surface area contributed by atoms with Crippen molar-refractivity contribution < 1.29 is 34.0 Å². The fraction of sp³-hybridized carbons (Fsp3) is 0.333. The number of likely N-dealkylation sites (tertiary alicyclic amines) is 1.